The Morgan fingerprint density at radius 1 is 1.11 bits per heavy atom. The van der Waals surface area contributed by atoms with E-state index in [1.807, 2.05) is 18.6 Å². The molecule has 5 heteroatoms. The smallest absolute Gasteiger partial charge is 0.399 e. The zero-order valence-corrected chi connectivity index (χ0v) is 11.2. The van der Waals surface area contributed by atoms with E-state index < -0.39 is 0 Å². The van der Waals surface area contributed by atoms with Crippen molar-refractivity contribution in [3.05, 3.63) is 24.7 Å². The highest BCUT2D eigenvalue weighted by molar-refractivity contribution is 6.62. The molecular formula is C13H17BN2O2. The van der Waals surface area contributed by atoms with Gasteiger partial charge in [-0.3, -0.25) is 4.98 Å². The van der Waals surface area contributed by atoms with Gasteiger partial charge in [0, 0.05) is 29.4 Å². The van der Waals surface area contributed by atoms with Crippen LogP contribution in [0.5, 0.6) is 0 Å². The second kappa shape index (κ2) is 3.59. The van der Waals surface area contributed by atoms with Gasteiger partial charge in [0.1, 0.15) is 0 Å². The van der Waals surface area contributed by atoms with Crippen LogP contribution in [0.15, 0.2) is 24.7 Å². The standard InChI is InChI=1S/C13H17BN2O2/c1-12(2)13(3,4)18-14(17-12)10-5-9-6-15-8-11(9)16-7-10/h5-8,15H,1-4H3. The summed E-state index contributed by atoms with van der Waals surface area (Å²) in [6, 6.07) is 2.06. The molecule has 3 heterocycles. The van der Waals surface area contributed by atoms with Crippen molar-refractivity contribution >= 4 is 23.5 Å². The quantitative estimate of drug-likeness (QED) is 0.779. The number of aromatic nitrogens is 2. The molecule has 0 radical (unpaired) electrons. The molecule has 4 nitrogen and oxygen atoms in total. The second-order valence-corrected chi connectivity index (χ2v) is 5.79. The number of rotatable bonds is 1. The SMILES string of the molecule is CC1(C)OB(c2cnc3c[nH]cc3c2)OC1(C)C. The van der Waals surface area contributed by atoms with Crippen LogP contribution in [0.2, 0.25) is 0 Å². The van der Waals surface area contributed by atoms with Gasteiger partial charge in [-0.25, -0.2) is 0 Å². The summed E-state index contributed by atoms with van der Waals surface area (Å²) in [4.78, 5) is 7.43. The van der Waals surface area contributed by atoms with Gasteiger partial charge in [-0.05, 0) is 33.8 Å². The molecule has 0 spiro atoms. The Balaban J connectivity index is 1.96. The van der Waals surface area contributed by atoms with Crippen molar-refractivity contribution in [1.82, 2.24) is 9.97 Å². The van der Waals surface area contributed by atoms with Crippen LogP contribution in [0.4, 0.5) is 0 Å². The summed E-state index contributed by atoms with van der Waals surface area (Å²) < 4.78 is 12.0. The minimum atomic E-state index is -0.346. The van der Waals surface area contributed by atoms with Crippen LogP contribution in [-0.4, -0.2) is 28.3 Å². The van der Waals surface area contributed by atoms with Crippen molar-refractivity contribution < 1.29 is 9.31 Å². The molecule has 2 aromatic heterocycles. The van der Waals surface area contributed by atoms with Crippen LogP contribution in [0, 0.1) is 0 Å². The topological polar surface area (TPSA) is 47.1 Å². The van der Waals surface area contributed by atoms with E-state index in [0.717, 1.165) is 16.4 Å². The highest BCUT2D eigenvalue weighted by Gasteiger charge is 2.51. The van der Waals surface area contributed by atoms with E-state index in [4.69, 9.17) is 9.31 Å². The predicted molar refractivity (Wildman–Crippen MR) is 71.8 cm³/mol. The normalized spacial score (nSPS) is 21.7. The van der Waals surface area contributed by atoms with Crippen molar-refractivity contribution in [3.8, 4) is 0 Å². The molecule has 1 aliphatic heterocycles. The van der Waals surface area contributed by atoms with E-state index in [9.17, 15) is 0 Å². The Morgan fingerprint density at radius 3 is 2.44 bits per heavy atom. The number of hydrogen-bond acceptors (Lipinski definition) is 3. The van der Waals surface area contributed by atoms with Crippen molar-refractivity contribution in [2.45, 2.75) is 38.9 Å². The molecule has 0 bridgehead atoms. The number of hydrogen-bond donors (Lipinski definition) is 1. The van der Waals surface area contributed by atoms with E-state index >= 15 is 0 Å². The number of fused-ring (bicyclic) bond motifs is 1. The van der Waals surface area contributed by atoms with Crippen LogP contribution in [0.1, 0.15) is 27.7 Å². The van der Waals surface area contributed by atoms with Gasteiger partial charge in [-0.1, -0.05) is 0 Å². The highest BCUT2D eigenvalue weighted by Crippen LogP contribution is 2.36. The maximum atomic E-state index is 6.00. The van der Waals surface area contributed by atoms with Crippen molar-refractivity contribution in [1.29, 1.82) is 0 Å². The maximum absolute atomic E-state index is 6.00. The third kappa shape index (κ3) is 1.66. The fourth-order valence-corrected chi connectivity index (χ4v) is 2.06. The molecule has 1 aliphatic rings. The lowest BCUT2D eigenvalue weighted by Crippen LogP contribution is -2.41. The minimum Gasteiger partial charge on any atom is -0.399 e. The van der Waals surface area contributed by atoms with Gasteiger partial charge in [0.2, 0.25) is 0 Å². The van der Waals surface area contributed by atoms with E-state index in [0.29, 0.717) is 0 Å². The molecule has 2 aromatic rings. The summed E-state index contributed by atoms with van der Waals surface area (Å²) in [5.41, 5.74) is 1.28. The first-order valence-corrected chi connectivity index (χ1v) is 6.17. The molecule has 1 N–H and O–H groups in total. The Bertz CT molecular complexity index is 575. The Kier molecular flexibility index (Phi) is 2.34. The zero-order valence-electron chi connectivity index (χ0n) is 11.2. The fourth-order valence-electron chi connectivity index (χ4n) is 2.06. The van der Waals surface area contributed by atoms with E-state index in [1.165, 1.54) is 0 Å². The van der Waals surface area contributed by atoms with Crippen LogP contribution >= 0.6 is 0 Å². The monoisotopic (exact) mass is 244 g/mol. The van der Waals surface area contributed by atoms with Gasteiger partial charge >= 0.3 is 7.12 Å². The molecule has 94 valence electrons. The first-order valence-electron chi connectivity index (χ1n) is 6.17. The predicted octanol–water partition coefficient (Wildman–Crippen LogP) is 1.86. The summed E-state index contributed by atoms with van der Waals surface area (Å²) in [6.07, 6.45) is 5.62. The molecule has 18 heavy (non-hydrogen) atoms. The minimum absolute atomic E-state index is 0.315. The number of aromatic amines is 1. The van der Waals surface area contributed by atoms with Gasteiger partial charge in [0.25, 0.3) is 0 Å². The van der Waals surface area contributed by atoms with Crippen molar-refractivity contribution in [3.63, 3.8) is 0 Å². The number of pyridine rings is 1. The molecule has 0 atom stereocenters. The molecule has 1 saturated heterocycles. The Morgan fingerprint density at radius 2 is 1.78 bits per heavy atom. The van der Waals surface area contributed by atoms with Crippen LogP contribution in [0.3, 0.4) is 0 Å². The average molecular weight is 244 g/mol. The molecule has 3 rings (SSSR count). The molecule has 0 aliphatic carbocycles. The van der Waals surface area contributed by atoms with Gasteiger partial charge in [-0.15, -0.1) is 0 Å². The molecule has 1 fully saturated rings. The van der Waals surface area contributed by atoms with Gasteiger partial charge in [0.15, 0.2) is 0 Å². The second-order valence-electron chi connectivity index (χ2n) is 5.79. The summed E-state index contributed by atoms with van der Waals surface area (Å²) in [6.45, 7) is 8.20. The maximum Gasteiger partial charge on any atom is 0.496 e. The first-order chi connectivity index (χ1) is 8.39. The number of nitrogens with zero attached hydrogens (tertiary/aromatic N) is 1. The number of H-pyrrole nitrogens is 1. The van der Waals surface area contributed by atoms with Crippen molar-refractivity contribution in [2.24, 2.45) is 0 Å². The van der Waals surface area contributed by atoms with Gasteiger partial charge < -0.3 is 14.3 Å². The molecule has 0 aromatic carbocycles. The molecular weight excluding hydrogens is 227 g/mol. The lowest BCUT2D eigenvalue weighted by atomic mass is 9.80. The Hall–Kier alpha value is -1.33. The third-order valence-electron chi connectivity index (χ3n) is 3.95. The first kappa shape index (κ1) is 11.7. The van der Waals surface area contributed by atoms with Crippen LogP contribution < -0.4 is 5.46 Å². The van der Waals surface area contributed by atoms with Gasteiger partial charge in [-0.2, -0.15) is 0 Å². The zero-order chi connectivity index (χ0) is 13.0. The number of nitrogens with one attached hydrogen (secondary N) is 1. The van der Waals surface area contributed by atoms with Crippen molar-refractivity contribution in [2.75, 3.05) is 0 Å². The summed E-state index contributed by atoms with van der Waals surface area (Å²) in [5.74, 6) is 0. The van der Waals surface area contributed by atoms with Crippen LogP contribution in [0.25, 0.3) is 10.9 Å². The van der Waals surface area contributed by atoms with E-state index in [2.05, 4.69) is 43.7 Å². The van der Waals surface area contributed by atoms with E-state index in [-0.39, 0.29) is 18.3 Å². The molecule has 0 saturated carbocycles. The van der Waals surface area contributed by atoms with Gasteiger partial charge in [0.05, 0.1) is 16.7 Å². The fraction of sp³-hybridized carbons (Fsp3) is 0.462. The summed E-state index contributed by atoms with van der Waals surface area (Å²) in [7, 11) is -0.346. The lowest BCUT2D eigenvalue weighted by Gasteiger charge is -2.32. The molecule has 0 unspecified atom stereocenters. The van der Waals surface area contributed by atoms with E-state index in [1.54, 1.807) is 0 Å². The van der Waals surface area contributed by atoms with Crippen LogP contribution in [-0.2, 0) is 9.31 Å². The molecule has 0 amide bonds. The lowest BCUT2D eigenvalue weighted by molar-refractivity contribution is 0.00578. The highest BCUT2D eigenvalue weighted by atomic mass is 16.7. The summed E-state index contributed by atoms with van der Waals surface area (Å²) >= 11 is 0. The average Bonchev–Trinajstić information content (AvgIpc) is 2.80. The third-order valence-corrected chi connectivity index (χ3v) is 3.95. The largest absolute Gasteiger partial charge is 0.496 e. The Labute approximate surface area is 107 Å². The summed E-state index contributed by atoms with van der Waals surface area (Å²) in [5, 5.41) is 1.07.